The van der Waals surface area contributed by atoms with E-state index in [2.05, 4.69) is 10.2 Å². The Kier molecular flexibility index (Phi) is 8.58. The van der Waals surface area contributed by atoms with Crippen molar-refractivity contribution in [2.75, 3.05) is 6.61 Å². The number of hydrogen-bond donors (Lipinski definition) is 0. The smallest absolute Gasteiger partial charge is 0.413 e. The molecule has 0 saturated carbocycles. The molecule has 42 heavy (non-hydrogen) atoms. The summed E-state index contributed by atoms with van der Waals surface area (Å²) in [6.07, 6.45) is -0.460. The van der Waals surface area contributed by atoms with Gasteiger partial charge in [-0.05, 0) is 83.5 Å². The minimum atomic E-state index is -0.872. The van der Waals surface area contributed by atoms with E-state index < -0.39 is 23.0 Å². The van der Waals surface area contributed by atoms with Gasteiger partial charge in [0, 0.05) is 15.4 Å². The van der Waals surface area contributed by atoms with Gasteiger partial charge in [0.05, 0.1) is 11.6 Å². The standard InChI is InChI=1S/C32H34ClN3O4S2/c1-30(2,3)40-29(37)36-31(4,5)39-20-32(36,6)28-35-34-27(42-28)25-16-15-24(18-26(25)33)41-23-14-10-13-22(17-23)38-19-21-11-8-7-9-12-21/h7-18H,19-20H2,1-6H3. The monoisotopic (exact) mass is 623 g/mol. The molecule has 1 aliphatic rings. The van der Waals surface area contributed by atoms with Crippen LogP contribution in [0.1, 0.15) is 52.1 Å². The Morgan fingerprint density at radius 1 is 1.02 bits per heavy atom. The molecule has 10 heteroatoms. The molecule has 0 aliphatic carbocycles. The topological polar surface area (TPSA) is 73.8 Å². The second-order valence-corrected chi connectivity index (χ2v) is 14.3. The lowest BCUT2D eigenvalue weighted by atomic mass is 10.0. The highest BCUT2D eigenvalue weighted by atomic mass is 35.5. The Labute approximate surface area is 260 Å². The Bertz CT molecular complexity index is 1570. The van der Waals surface area contributed by atoms with Crippen molar-refractivity contribution in [1.29, 1.82) is 0 Å². The highest BCUT2D eigenvalue weighted by molar-refractivity contribution is 7.99. The van der Waals surface area contributed by atoms with Crippen LogP contribution in [-0.4, -0.2) is 39.1 Å². The SMILES string of the molecule is CC(C)(C)OC(=O)N1C(C)(C)OCC1(C)c1nnc(-c2ccc(Sc3cccc(OCc4ccccc4)c3)cc2Cl)s1. The molecule has 2 heterocycles. The summed E-state index contributed by atoms with van der Waals surface area (Å²) in [6.45, 7) is 11.9. The van der Waals surface area contributed by atoms with Crippen molar-refractivity contribution in [3.8, 4) is 16.3 Å². The second kappa shape index (κ2) is 11.9. The van der Waals surface area contributed by atoms with E-state index in [1.165, 1.54) is 11.3 Å². The van der Waals surface area contributed by atoms with Crippen LogP contribution >= 0.6 is 34.7 Å². The molecular weight excluding hydrogens is 590 g/mol. The maximum Gasteiger partial charge on any atom is 0.413 e. The van der Waals surface area contributed by atoms with E-state index in [0.717, 1.165) is 26.7 Å². The Morgan fingerprint density at radius 2 is 1.76 bits per heavy atom. The number of amides is 1. The quantitative estimate of drug-likeness (QED) is 0.204. The molecule has 7 nitrogen and oxygen atoms in total. The van der Waals surface area contributed by atoms with Crippen LogP contribution in [0.2, 0.25) is 5.02 Å². The van der Waals surface area contributed by atoms with Crippen molar-refractivity contribution >= 4 is 40.8 Å². The molecule has 4 aromatic rings. The zero-order chi connectivity index (χ0) is 30.1. The minimum Gasteiger partial charge on any atom is -0.489 e. The molecule has 5 rings (SSSR count). The average molecular weight is 624 g/mol. The van der Waals surface area contributed by atoms with Crippen molar-refractivity contribution in [3.63, 3.8) is 0 Å². The van der Waals surface area contributed by atoms with Crippen LogP contribution in [0, 0.1) is 0 Å². The third-order valence-electron chi connectivity index (χ3n) is 6.66. The zero-order valence-electron chi connectivity index (χ0n) is 24.5. The van der Waals surface area contributed by atoms with Crippen LogP contribution in [0.25, 0.3) is 10.6 Å². The lowest BCUT2D eigenvalue weighted by Crippen LogP contribution is -2.54. The molecule has 3 aromatic carbocycles. The molecule has 1 unspecified atom stereocenters. The number of rotatable bonds is 7. The summed E-state index contributed by atoms with van der Waals surface area (Å²) >= 11 is 9.77. The van der Waals surface area contributed by atoms with Crippen molar-refractivity contribution in [1.82, 2.24) is 15.1 Å². The average Bonchev–Trinajstić information content (AvgIpc) is 3.51. The summed E-state index contributed by atoms with van der Waals surface area (Å²) in [4.78, 5) is 16.9. The first-order valence-corrected chi connectivity index (χ1v) is 15.6. The molecule has 220 valence electrons. The molecule has 1 aromatic heterocycles. The van der Waals surface area contributed by atoms with Gasteiger partial charge in [0.25, 0.3) is 0 Å². The second-order valence-electron chi connectivity index (χ2n) is 11.7. The maximum absolute atomic E-state index is 13.3. The van der Waals surface area contributed by atoms with Crippen LogP contribution in [0.4, 0.5) is 4.79 Å². The molecule has 0 N–H and O–H groups in total. The first-order valence-electron chi connectivity index (χ1n) is 13.6. The maximum atomic E-state index is 13.3. The van der Waals surface area contributed by atoms with E-state index in [9.17, 15) is 4.79 Å². The predicted molar refractivity (Wildman–Crippen MR) is 167 cm³/mol. The largest absolute Gasteiger partial charge is 0.489 e. The summed E-state index contributed by atoms with van der Waals surface area (Å²) in [7, 11) is 0. The minimum absolute atomic E-state index is 0.269. The van der Waals surface area contributed by atoms with E-state index in [0.29, 0.717) is 21.6 Å². The third kappa shape index (κ3) is 6.75. The van der Waals surface area contributed by atoms with E-state index in [4.69, 9.17) is 25.8 Å². The van der Waals surface area contributed by atoms with Gasteiger partial charge in [-0.3, -0.25) is 4.90 Å². The van der Waals surface area contributed by atoms with Crippen molar-refractivity contribution in [2.24, 2.45) is 0 Å². The van der Waals surface area contributed by atoms with E-state index in [1.807, 2.05) is 114 Å². The normalized spacial score (nSPS) is 18.2. The number of carbonyl (C=O) groups is 1. The fraction of sp³-hybridized carbons (Fsp3) is 0.344. The molecule has 1 amide bonds. The fourth-order valence-electron chi connectivity index (χ4n) is 4.71. The highest BCUT2D eigenvalue weighted by Gasteiger charge is 2.55. The summed E-state index contributed by atoms with van der Waals surface area (Å²) in [5.41, 5.74) is -0.475. The molecular formula is C32H34ClN3O4S2. The van der Waals surface area contributed by atoms with Gasteiger partial charge in [-0.1, -0.05) is 71.1 Å². The number of halogens is 1. The van der Waals surface area contributed by atoms with Gasteiger partial charge in [-0.2, -0.15) is 0 Å². The lowest BCUT2D eigenvalue weighted by molar-refractivity contribution is -0.0685. The summed E-state index contributed by atoms with van der Waals surface area (Å²) in [6, 6.07) is 24.0. The van der Waals surface area contributed by atoms with Crippen LogP contribution in [0.15, 0.2) is 82.6 Å². The van der Waals surface area contributed by atoms with E-state index >= 15 is 0 Å². The van der Waals surface area contributed by atoms with Gasteiger partial charge in [-0.25, -0.2) is 4.79 Å². The van der Waals surface area contributed by atoms with Crippen molar-refractivity contribution in [2.45, 2.75) is 74.8 Å². The summed E-state index contributed by atoms with van der Waals surface area (Å²) in [5, 5.41) is 10.8. The molecule has 0 spiro atoms. The summed E-state index contributed by atoms with van der Waals surface area (Å²) in [5.74, 6) is 0.806. The molecule has 1 saturated heterocycles. The molecule has 1 fully saturated rings. The van der Waals surface area contributed by atoms with Crippen LogP contribution < -0.4 is 4.74 Å². The Balaban J connectivity index is 1.31. The first-order chi connectivity index (χ1) is 19.8. The van der Waals surface area contributed by atoms with Gasteiger partial charge < -0.3 is 14.2 Å². The molecule has 1 atom stereocenters. The number of hydrogen-bond acceptors (Lipinski definition) is 8. The predicted octanol–water partition coefficient (Wildman–Crippen LogP) is 8.81. The summed E-state index contributed by atoms with van der Waals surface area (Å²) < 4.78 is 17.7. The van der Waals surface area contributed by atoms with Gasteiger partial charge >= 0.3 is 6.09 Å². The number of carbonyl (C=O) groups excluding carboxylic acids is 1. The van der Waals surface area contributed by atoms with Gasteiger partial charge in [-0.15, -0.1) is 10.2 Å². The first kappa shape index (κ1) is 30.4. The number of nitrogens with zero attached hydrogens (tertiary/aromatic N) is 3. The fourth-order valence-corrected chi connectivity index (χ4v) is 7.02. The Hall–Kier alpha value is -3.11. The highest BCUT2D eigenvalue weighted by Crippen LogP contribution is 2.45. The van der Waals surface area contributed by atoms with Gasteiger partial charge in [0.15, 0.2) is 0 Å². The molecule has 0 radical (unpaired) electrons. The van der Waals surface area contributed by atoms with Crippen LogP contribution in [0.3, 0.4) is 0 Å². The van der Waals surface area contributed by atoms with Crippen LogP contribution in [-0.2, 0) is 21.6 Å². The lowest BCUT2D eigenvalue weighted by Gasteiger charge is -2.39. The van der Waals surface area contributed by atoms with Crippen LogP contribution in [0.5, 0.6) is 5.75 Å². The molecule has 1 aliphatic heterocycles. The number of ether oxygens (including phenoxy) is 3. The van der Waals surface area contributed by atoms with Gasteiger partial charge in [0.1, 0.15) is 39.2 Å². The number of aromatic nitrogens is 2. The molecule has 0 bridgehead atoms. The van der Waals surface area contributed by atoms with Crippen molar-refractivity contribution < 1.29 is 19.0 Å². The van der Waals surface area contributed by atoms with Gasteiger partial charge in [0.2, 0.25) is 0 Å². The van der Waals surface area contributed by atoms with E-state index in [-0.39, 0.29) is 6.61 Å². The van der Waals surface area contributed by atoms with Crippen molar-refractivity contribution in [3.05, 3.63) is 88.4 Å². The number of benzene rings is 3. The third-order valence-corrected chi connectivity index (χ3v) is 9.16. The van der Waals surface area contributed by atoms with E-state index in [1.54, 1.807) is 16.7 Å². The zero-order valence-corrected chi connectivity index (χ0v) is 26.9. The Morgan fingerprint density at radius 3 is 2.48 bits per heavy atom.